The van der Waals surface area contributed by atoms with Crippen LogP contribution in [0.25, 0.3) is 0 Å². The molecule has 2 N–H and O–H groups in total. The Kier molecular flexibility index (Phi) is 4.88. The summed E-state index contributed by atoms with van der Waals surface area (Å²) in [5.41, 5.74) is 0.935. The summed E-state index contributed by atoms with van der Waals surface area (Å²) in [6.45, 7) is 0.612. The van der Waals surface area contributed by atoms with E-state index in [9.17, 15) is 4.79 Å². The Morgan fingerprint density at radius 3 is 2.60 bits per heavy atom. The van der Waals surface area contributed by atoms with E-state index in [1.54, 1.807) is 0 Å². The lowest BCUT2D eigenvalue weighted by Crippen LogP contribution is -2.26. The van der Waals surface area contributed by atoms with Crippen LogP contribution in [0, 0.1) is 0 Å². The fourth-order valence-corrected chi connectivity index (χ4v) is 1.53. The lowest BCUT2D eigenvalue weighted by molar-refractivity contribution is 0.139. The fourth-order valence-electron chi connectivity index (χ4n) is 1.53. The molecule has 1 heterocycles. The highest BCUT2D eigenvalue weighted by Crippen LogP contribution is 2.02. The van der Waals surface area contributed by atoms with Crippen molar-refractivity contribution in [3.8, 4) is 5.75 Å². The van der Waals surface area contributed by atoms with Crippen LogP contribution in [0.5, 0.6) is 5.75 Å². The topological polar surface area (TPSA) is 84.3 Å². The first-order valence-corrected chi connectivity index (χ1v) is 6.18. The first kappa shape index (κ1) is 13.8. The standard InChI is InChI=1S/C14H15N3O3/c18-12-8-16-13(17-9-12)6-7-15-14(19)20-10-11-4-2-1-3-5-11/h1-5,8-9,18H,6-7,10H2,(H,15,19). The maximum atomic E-state index is 11.4. The van der Waals surface area contributed by atoms with Crippen molar-refractivity contribution in [3.63, 3.8) is 0 Å². The van der Waals surface area contributed by atoms with Gasteiger partial charge >= 0.3 is 6.09 Å². The van der Waals surface area contributed by atoms with E-state index < -0.39 is 6.09 Å². The zero-order valence-corrected chi connectivity index (χ0v) is 10.8. The summed E-state index contributed by atoms with van der Waals surface area (Å²) in [5, 5.41) is 11.6. The lowest BCUT2D eigenvalue weighted by atomic mass is 10.2. The van der Waals surface area contributed by atoms with Gasteiger partial charge in [-0.3, -0.25) is 0 Å². The van der Waals surface area contributed by atoms with Gasteiger partial charge in [-0.1, -0.05) is 30.3 Å². The molecule has 6 heteroatoms. The number of nitrogens with zero attached hydrogens (tertiary/aromatic N) is 2. The highest BCUT2D eigenvalue weighted by molar-refractivity contribution is 5.67. The summed E-state index contributed by atoms with van der Waals surface area (Å²) < 4.78 is 5.05. The molecule has 6 nitrogen and oxygen atoms in total. The van der Waals surface area contributed by atoms with Gasteiger partial charge in [0.2, 0.25) is 0 Å². The molecule has 0 aliphatic heterocycles. The summed E-state index contributed by atoms with van der Waals surface area (Å²) in [4.78, 5) is 19.3. The van der Waals surface area contributed by atoms with E-state index in [2.05, 4.69) is 15.3 Å². The number of benzene rings is 1. The third-order valence-electron chi connectivity index (χ3n) is 2.52. The smallest absolute Gasteiger partial charge is 0.407 e. The van der Waals surface area contributed by atoms with Crippen LogP contribution in [-0.4, -0.2) is 27.7 Å². The molecule has 0 unspecified atom stereocenters. The maximum absolute atomic E-state index is 11.4. The number of carbonyl (C=O) groups excluding carboxylic acids is 1. The van der Waals surface area contributed by atoms with Crippen LogP contribution in [-0.2, 0) is 17.8 Å². The number of ether oxygens (including phenoxy) is 1. The lowest BCUT2D eigenvalue weighted by Gasteiger charge is -2.06. The highest BCUT2D eigenvalue weighted by Gasteiger charge is 2.03. The van der Waals surface area contributed by atoms with Crippen LogP contribution in [0.15, 0.2) is 42.7 Å². The molecule has 0 saturated heterocycles. The van der Waals surface area contributed by atoms with E-state index >= 15 is 0 Å². The number of aromatic hydroxyl groups is 1. The van der Waals surface area contributed by atoms with Gasteiger partial charge in [-0.25, -0.2) is 14.8 Å². The highest BCUT2D eigenvalue weighted by atomic mass is 16.5. The number of amides is 1. The van der Waals surface area contributed by atoms with Crippen molar-refractivity contribution >= 4 is 6.09 Å². The van der Waals surface area contributed by atoms with Gasteiger partial charge in [0, 0.05) is 13.0 Å². The molecule has 0 aliphatic rings. The van der Waals surface area contributed by atoms with Crippen molar-refractivity contribution < 1.29 is 14.6 Å². The van der Waals surface area contributed by atoms with Crippen molar-refractivity contribution in [1.29, 1.82) is 0 Å². The number of carbonyl (C=O) groups is 1. The zero-order valence-electron chi connectivity index (χ0n) is 10.8. The average Bonchev–Trinajstić information content (AvgIpc) is 2.48. The third kappa shape index (κ3) is 4.56. The molecule has 0 aliphatic carbocycles. The van der Waals surface area contributed by atoms with Crippen molar-refractivity contribution in [3.05, 3.63) is 54.1 Å². The van der Waals surface area contributed by atoms with Crippen LogP contribution in [0.3, 0.4) is 0 Å². The molecule has 2 rings (SSSR count). The van der Waals surface area contributed by atoms with Gasteiger partial charge in [-0.15, -0.1) is 0 Å². The Bertz CT molecular complexity index is 543. The summed E-state index contributed by atoms with van der Waals surface area (Å²) >= 11 is 0. The quantitative estimate of drug-likeness (QED) is 0.865. The summed E-state index contributed by atoms with van der Waals surface area (Å²) in [7, 11) is 0. The van der Waals surface area contributed by atoms with E-state index in [-0.39, 0.29) is 12.4 Å². The Balaban J connectivity index is 1.66. The van der Waals surface area contributed by atoms with Gasteiger partial charge in [0.15, 0.2) is 5.75 Å². The van der Waals surface area contributed by atoms with E-state index in [4.69, 9.17) is 9.84 Å². The molecule has 1 aromatic carbocycles. The molecule has 0 atom stereocenters. The van der Waals surface area contributed by atoms with Crippen LogP contribution in [0.2, 0.25) is 0 Å². The second kappa shape index (κ2) is 7.08. The molecule has 104 valence electrons. The number of alkyl carbamates (subject to hydrolysis) is 1. The number of aromatic nitrogens is 2. The Labute approximate surface area is 116 Å². The van der Waals surface area contributed by atoms with Crippen molar-refractivity contribution in [2.75, 3.05) is 6.54 Å². The molecule has 0 saturated carbocycles. The van der Waals surface area contributed by atoms with Crippen molar-refractivity contribution in [2.24, 2.45) is 0 Å². The second-order valence-electron chi connectivity index (χ2n) is 4.10. The number of hydrogen-bond acceptors (Lipinski definition) is 5. The Hall–Kier alpha value is -2.63. The largest absolute Gasteiger partial charge is 0.505 e. The van der Waals surface area contributed by atoms with Crippen molar-refractivity contribution in [1.82, 2.24) is 15.3 Å². The molecular formula is C14H15N3O3. The van der Waals surface area contributed by atoms with Gasteiger partial charge in [0.25, 0.3) is 0 Å². The molecular weight excluding hydrogens is 258 g/mol. The second-order valence-corrected chi connectivity index (χ2v) is 4.10. The minimum Gasteiger partial charge on any atom is -0.505 e. The average molecular weight is 273 g/mol. The first-order valence-electron chi connectivity index (χ1n) is 6.18. The van der Waals surface area contributed by atoms with Crippen molar-refractivity contribution in [2.45, 2.75) is 13.0 Å². The molecule has 1 aromatic heterocycles. The number of nitrogens with one attached hydrogen (secondary N) is 1. The predicted octanol–water partition coefficient (Wildman–Crippen LogP) is 1.65. The van der Waals surface area contributed by atoms with Crippen LogP contribution < -0.4 is 5.32 Å². The van der Waals surface area contributed by atoms with E-state index in [0.29, 0.717) is 18.8 Å². The Morgan fingerprint density at radius 2 is 1.90 bits per heavy atom. The van der Waals surface area contributed by atoms with Gasteiger partial charge in [0.05, 0.1) is 12.4 Å². The van der Waals surface area contributed by atoms with E-state index in [0.717, 1.165) is 5.56 Å². The normalized spacial score (nSPS) is 10.0. The summed E-state index contributed by atoms with van der Waals surface area (Å²) in [5.74, 6) is 0.565. The minimum atomic E-state index is -0.479. The molecule has 0 spiro atoms. The van der Waals surface area contributed by atoms with E-state index in [1.807, 2.05) is 30.3 Å². The van der Waals surface area contributed by atoms with Gasteiger partial charge in [-0.05, 0) is 5.56 Å². The summed E-state index contributed by atoms with van der Waals surface area (Å²) in [6, 6.07) is 9.45. The van der Waals surface area contributed by atoms with Crippen LogP contribution >= 0.6 is 0 Å². The Morgan fingerprint density at radius 1 is 1.20 bits per heavy atom. The van der Waals surface area contributed by atoms with Gasteiger partial charge < -0.3 is 15.2 Å². The minimum absolute atomic E-state index is 0.0176. The molecule has 2 aromatic rings. The SMILES string of the molecule is O=C(NCCc1ncc(O)cn1)OCc1ccccc1. The molecule has 20 heavy (non-hydrogen) atoms. The number of hydrogen-bond donors (Lipinski definition) is 2. The zero-order chi connectivity index (χ0) is 14.2. The fraction of sp³-hybridized carbons (Fsp3) is 0.214. The third-order valence-corrected chi connectivity index (χ3v) is 2.52. The van der Waals surface area contributed by atoms with Gasteiger partial charge in [0.1, 0.15) is 12.4 Å². The monoisotopic (exact) mass is 273 g/mol. The van der Waals surface area contributed by atoms with Crippen LogP contribution in [0.1, 0.15) is 11.4 Å². The molecule has 1 amide bonds. The van der Waals surface area contributed by atoms with Gasteiger partial charge in [-0.2, -0.15) is 0 Å². The summed E-state index contributed by atoms with van der Waals surface area (Å²) in [6.07, 6.45) is 2.62. The molecule has 0 bridgehead atoms. The molecule has 0 radical (unpaired) electrons. The van der Waals surface area contributed by atoms with Crippen LogP contribution in [0.4, 0.5) is 4.79 Å². The predicted molar refractivity (Wildman–Crippen MR) is 72.0 cm³/mol. The maximum Gasteiger partial charge on any atom is 0.407 e. The number of rotatable bonds is 5. The van der Waals surface area contributed by atoms with E-state index in [1.165, 1.54) is 12.4 Å². The molecule has 0 fully saturated rings. The first-order chi connectivity index (χ1) is 9.74.